The van der Waals surface area contributed by atoms with E-state index in [1.165, 1.54) is 12.8 Å². The normalized spacial score (nSPS) is 38.3. The average Bonchev–Trinajstić information content (AvgIpc) is 2.83. The van der Waals surface area contributed by atoms with E-state index in [0.717, 1.165) is 11.3 Å². The minimum absolute atomic E-state index is 0.282. The molecule has 0 aliphatic carbocycles. The van der Waals surface area contributed by atoms with E-state index >= 15 is 0 Å². The molecule has 0 aromatic rings. The molecule has 0 amide bonds. The summed E-state index contributed by atoms with van der Waals surface area (Å²) in [6, 6.07) is 0. The topological polar surface area (TPSA) is 0 Å². The molecule has 2 fully saturated rings. The largest absolute Gasteiger partial charge is 0.0974 e. The van der Waals surface area contributed by atoms with Crippen LogP contribution in [0.4, 0.5) is 0 Å². The van der Waals surface area contributed by atoms with Crippen LogP contribution in [-0.2, 0) is 0 Å². The summed E-state index contributed by atoms with van der Waals surface area (Å²) in [5.41, 5.74) is 2.24. The molecule has 0 nitrogen and oxygen atoms in total. The summed E-state index contributed by atoms with van der Waals surface area (Å²) in [7, 11) is 0.564. The zero-order chi connectivity index (χ0) is 13.6. The molecule has 0 aromatic carbocycles. The molecular formula is C16H32P2. The van der Waals surface area contributed by atoms with E-state index in [2.05, 4.69) is 41.5 Å². The van der Waals surface area contributed by atoms with Crippen molar-refractivity contribution < 1.29 is 0 Å². The maximum atomic E-state index is 2.51. The Labute approximate surface area is 117 Å². The predicted octanol–water partition coefficient (Wildman–Crippen LogP) is 5.87. The molecule has 0 aromatic heterocycles. The van der Waals surface area contributed by atoms with Gasteiger partial charge in [-0.15, -0.1) is 0 Å². The quantitative estimate of drug-likeness (QED) is 0.529. The molecule has 0 radical (unpaired) electrons. The van der Waals surface area contributed by atoms with E-state index in [1.807, 2.05) is 0 Å². The molecule has 2 aliphatic rings. The summed E-state index contributed by atoms with van der Waals surface area (Å²) in [5.74, 6) is 0. The fourth-order valence-corrected chi connectivity index (χ4v) is 12.2. The Kier molecular flexibility index (Phi) is 4.52. The Morgan fingerprint density at radius 3 is 1.28 bits per heavy atom. The predicted molar refractivity (Wildman–Crippen MR) is 89.1 cm³/mol. The second kappa shape index (κ2) is 5.33. The summed E-state index contributed by atoms with van der Waals surface area (Å²) in [6.45, 7) is 15.0. The molecule has 0 bridgehead atoms. The molecule has 0 saturated carbocycles. The van der Waals surface area contributed by atoms with Gasteiger partial charge in [0.05, 0.1) is 0 Å². The summed E-state index contributed by atoms with van der Waals surface area (Å²) in [5, 5.41) is 1.19. The van der Waals surface area contributed by atoms with Crippen molar-refractivity contribution in [3.8, 4) is 0 Å². The monoisotopic (exact) mass is 286 g/mol. The van der Waals surface area contributed by atoms with Crippen LogP contribution in [0.25, 0.3) is 0 Å². The van der Waals surface area contributed by atoms with Crippen LogP contribution in [0.15, 0.2) is 0 Å². The highest BCUT2D eigenvalue weighted by molar-refractivity contribution is 7.64. The summed E-state index contributed by atoms with van der Waals surface area (Å²) in [4.78, 5) is 0. The van der Waals surface area contributed by atoms with Crippen LogP contribution in [0.3, 0.4) is 0 Å². The van der Waals surface area contributed by atoms with Crippen molar-refractivity contribution in [2.75, 3.05) is 12.3 Å². The van der Waals surface area contributed by atoms with Crippen molar-refractivity contribution >= 4 is 15.8 Å². The SMILES string of the molecule is CC(C)(C)[P@]1CCCC1C1CCC[P@@]1C(C)(C)C. The Morgan fingerprint density at radius 1 is 0.667 bits per heavy atom. The lowest BCUT2D eigenvalue weighted by atomic mass is 10.1. The van der Waals surface area contributed by atoms with Gasteiger partial charge < -0.3 is 0 Å². The van der Waals surface area contributed by atoms with Crippen molar-refractivity contribution in [1.82, 2.24) is 0 Å². The van der Waals surface area contributed by atoms with Gasteiger partial charge in [0.1, 0.15) is 0 Å². The molecule has 2 heteroatoms. The third-order valence-electron chi connectivity index (χ3n) is 4.77. The van der Waals surface area contributed by atoms with Crippen LogP contribution in [0.2, 0.25) is 0 Å². The van der Waals surface area contributed by atoms with Crippen LogP contribution in [0.1, 0.15) is 67.2 Å². The highest BCUT2D eigenvalue weighted by atomic mass is 31.1. The van der Waals surface area contributed by atoms with Crippen LogP contribution >= 0.6 is 15.8 Å². The first-order chi connectivity index (χ1) is 8.21. The lowest BCUT2D eigenvalue weighted by molar-refractivity contribution is 0.671. The fraction of sp³-hybridized carbons (Fsp3) is 1.00. The molecule has 2 heterocycles. The molecule has 18 heavy (non-hydrogen) atoms. The molecule has 2 unspecified atom stereocenters. The van der Waals surface area contributed by atoms with Crippen molar-refractivity contribution in [3.05, 3.63) is 0 Å². The average molecular weight is 286 g/mol. The molecule has 2 aliphatic heterocycles. The Balaban J connectivity index is 2.15. The maximum Gasteiger partial charge on any atom is -0.0136 e. The summed E-state index contributed by atoms with van der Waals surface area (Å²) in [6.07, 6.45) is 9.29. The molecule has 2 saturated heterocycles. The van der Waals surface area contributed by atoms with Gasteiger partial charge in [-0.2, -0.15) is 0 Å². The molecule has 0 N–H and O–H groups in total. The van der Waals surface area contributed by atoms with Gasteiger partial charge in [0.25, 0.3) is 0 Å². The molecular weight excluding hydrogens is 254 g/mol. The van der Waals surface area contributed by atoms with Crippen molar-refractivity contribution in [3.63, 3.8) is 0 Å². The Hall–Kier alpha value is 0.860. The van der Waals surface area contributed by atoms with Crippen LogP contribution in [-0.4, -0.2) is 34.0 Å². The van der Waals surface area contributed by atoms with Gasteiger partial charge in [-0.05, 0) is 59.6 Å². The number of hydrogen-bond acceptors (Lipinski definition) is 0. The lowest BCUT2D eigenvalue weighted by Crippen LogP contribution is -2.29. The van der Waals surface area contributed by atoms with Gasteiger partial charge >= 0.3 is 0 Å². The van der Waals surface area contributed by atoms with Gasteiger partial charge in [0, 0.05) is 0 Å². The van der Waals surface area contributed by atoms with E-state index < -0.39 is 0 Å². The molecule has 2 rings (SSSR count). The first-order valence-corrected chi connectivity index (χ1v) is 10.9. The van der Waals surface area contributed by atoms with Gasteiger partial charge in [-0.3, -0.25) is 0 Å². The maximum absolute atomic E-state index is 2.51. The minimum atomic E-state index is 0.282. The van der Waals surface area contributed by atoms with Crippen LogP contribution in [0, 0.1) is 0 Å². The van der Waals surface area contributed by atoms with E-state index in [1.54, 1.807) is 25.2 Å². The van der Waals surface area contributed by atoms with Gasteiger partial charge in [-0.1, -0.05) is 57.4 Å². The Bertz CT molecular complexity index is 254. The highest BCUT2D eigenvalue weighted by Gasteiger charge is 2.46. The standard InChI is InChI=1S/C16H32P2/c1-15(2,3)17-11-7-9-13(17)14-10-8-12-18(14)16(4,5)6/h13-14H,7-12H2,1-6H3/t13?,14?,17-,18-/m1/s1. The molecule has 4 atom stereocenters. The van der Waals surface area contributed by atoms with Crippen LogP contribution < -0.4 is 0 Å². The van der Waals surface area contributed by atoms with Gasteiger partial charge in [0.15, 0.2) is 0 Å². The lowest BCUT2D eigenvalue weighted by Gasteiger charge is -2.42. The van der Waals surface area contributed by atoms with Gasteiger partial charge in [-0.25, -0.2) is 0 Å². The second-order valence-electron chi connectivity index (χ2n) is 8.15. The summed E-state index contributed by atoms with van der Waals surface area (Å²) >= 11 is 0. The van der Waals surface area contributed by atoms with E-state index in [9.17, 15) is 0 Å². The third-order valence-corrected chi connectivity index (χ3v) is 12.9. The first-order valence-electron chi connectivity index (χ1n) is 7.75. The second-order valence-corrected chi connectivity index (χ2v) is 14.9. The third kappa shape index (κ3) is 3.12. The van der Waals surface area contributed by atoms with Crippen LogP contribution in [0.5, 0.6) is 0 Å². The zero-order valence-electron chi connectivity index (χ0n) is 13.3. The molecule has 106 valence electrons. The highest BCUT2D eigenvalue weighted by Crippen LogP contribution is 2.69. The first kappa shape index (κ1) is 15.3. The van der Waals surface area contributed by atoms with Crippen molar-refractivity contribution in [2.45, 2.75) is 88.9 Å². The van der Waals surface area contributed by atoms with E-state index in [-0.39, 0.29) is 15.8 Å². The van der Waals surface area contributed by atoms with E-state index in [0.29, 0.717) is 10.3 Å². The van der Waals surface area contributed by atoms with Gasteiger partial charge in [0.2, 0.25) is 0 Å². The number of hydrogen-bond donors (Lipinski definition) is 0. The van der Waals surface area contributed by atoms with Crippen molar-refractivity contribution in [1.29, 1.82) is 0 Å². The Morgan fingerprint density at radius 2 is 1.00 bits per heavy atom. The zero-order valence-corrected chi connectivity index (χ0v) is 15.1. The smallest absolute Gasteiger partial charge is 0.0136 e. The minimum Gasteiger partial charge on any atom is -0.0974 e. The van der Waals surface area contributed by atoms with E-state index in [4.69, 9.17) is 0 Å². The number of rotatable bonds is 1. The fourth-order valence-electron chi connectivity index (χ4n) is 4.05. The van der Waals surface area contributed by atoms with Crippen molar-refractivity contribution in [2.24, 2.45) is 0 Å². The molecule has 0 spiro atoms. The summed E-state index contributed by atoms with van der Waals surface area (Å²) < 4.78 is 0.